The highest BCUT2D eigenvalue weighted by Gasteiger charge is 2.05. The molecule has 0 unspecified atom stereocenters. The minimum atomic E-state index is 0.663. The third-order valence-electron chi connectivity index (χ3n) is 1.89. The molecule has 0 radical (unpaired) electrons. The fourth-order valence-electron chi connectivity index (χ4n) is 1.25. The molecule has 0 fully saturated rings. The van der Waals surface area contributed by atoms with E-state index in [1.54, 1.807) is 24.1 Å². The Morgan fingerprint density at radius 3 is 2.93 bits per heavy atom. The van der Waals surface area contributed by atoms with Gasteiger partial charge < -0.3 is 4.74 Å². The van der Waals surface area contributed by atoms with Gasteiger partial charge in [0, 0.05) is 17.4 Å². The van der Waals surface area contributed by atoms with Gasteiger partial charge >= 0.3 is 0 Å². The zero-order valence-electron chi connectivity index (χ0n) is 7.64. The first-order valence-corrected chi connectivity index (χ1v) is 4.52. The summed E-state index contributed by atoms with van der Waals surface area (Å²) < 4.78 is 6.92. The summed E-state index contributed by atoms with van der Waals surface area (Å²) in [6.07, 6.45) is 3.55. The van der Waals surface area contributed by atoms with Gasteiger partial charge in [-0.05, 0) is 24.3 Å². The molecule has 0 saturated heterocycles. The van der Waals surface area contributed by atoms with E-state index in [1.165, 1.54) is 0 Å². The zero-order valence-corrected chi connectivity index (χ0v) is 8.40. The highest BCUT2D eigenvalue weighted by molar-refractivity contribution is 6.30. The second-order valence-electron chi connectivity index (χ2n) is 2.77. The summed E-state index contributed by atoms with van der Waals surface area (Å²) in [7, 11) is 1.62. The Hall–Kier alpha value is -1.48. The Bertz CT molecular complexity index is 426. The molecule has 14 heavy (non-hydrogen) atoms. The molecule has 0 bridgehead atoms. The van der Waals surface area contributed by atoms with Crippen molar-refractivity contribution >= 4 is 11.6 Å². The van der Waals surface area contributed by atoms with Crippen LogP contribution in [0.5, 0.6) is 5.75 Å². The molecule has 0 spiro atoms. The van der Waals surface area contributed by atoms with E-state index >= 15 is 0 Å². The summed E-state index contributed by atoms with van der Waals surface area (Å²) in [5, 5.41) is 4.78. The molecule has 0 amide bonds. The number of hydrogen-bond acceptors (Lipinski definition) is 2. The normalized spacial score (nSPS) is 10.1. The number of rotatable bonds is 2. The molecule has 2 aromatic rings. The van der Waals surface area contributed by atoms with Gasteiger partial charge in [0.25, 0.3) is 0 Å². The molecule has 0 saturated carbocycles. The topological polar surface area (TPSA) is 27.1 Å². The Balaban J connectivity index is 2.55. The molecule has 0 atom stereocenters. The predicted molar refractivity (Wildman–Crippen MR) is 55.1 cm³/mol. The lowest BCUT2D eigenvalue weighted by molar-refractivity contribution is 0.411. The Labute approximate surface area is 86.9 Å². The van der Waals surface area contributed by atoms with E-state index in [-0.39, 0.29) is 0 Å². The summed E-state index contributed by atoms with van der Waals surface area (Å²) >= 11 is 5.89. The fourth-order valence-corrected chi connectivity index (χ4v) is 1.42. The maximum Gasteiger partial charge on any atom is 0.144 e. The number of aromatic nitrogens is 2. The van der Waals surface area contributed by atoms with Crippen molar-refractivity contribution in [1.29, 1.82) is 0 Å². The number of nitrogens with zero attached hydrogens (tertiary/aromatic N) is 2. The molecule has 0 aliphatic heterocycles. The highest BCUT2D eigenvalue weighted by atomic mass is 35.5. The van der Waals surface area contributed by atoms with Crippen molar-refractivity contribution in [1.82, 2.24) is 9.78 Å². The van der Waals surface area contributed by atoms with Gasteiger partial charge in [0.1, 0.15) is 11.4 Å². The second-order valence-corrected chi connectivity index (χ2v) is 3.20. The lowest BCUT2D eigenvalue weighted by atomic mass is 10.3. The average molecular weight is 209 g/mol. The Morgan fingerprint density at radius 2 is 2.29 bits per heavy atom. The predicted octanol–water partition coefficient (Wildman–Crippen LogP) is 2.53. The molecule has 1 aromatic carbocycles. The zero-order chi connectivity index (χ0) is 9.97. The van der Waals surface area contributed by atoms with Crippen LogP contribution in [0.15, 0.2) is 36.7 Å². The fraction of sp³-hybridized carbons (Fsp3) is 0.100. The van der Waals surface area contributed by atoms with Crippen LogP contribution in [0.1, 0.15) is 0 Å². The molecular formula is C10H9ClN2O. The summed E-state index contributed by atoms with van der Waals surface area (Å²) in [5.41, 5.74) is 0.838. The van der Waals surface area contributed by atoms with Crippen LogP contribution in [0.3, 0.4) is 0 Å². The van der Waals surface area contributed by atoms with Gasteiger partial charge in [-0.25, -0.2) is 4.68 Å². The number of benzene rings is 1. The summed E-state index contributed by atoms with van der Waals surface area (Å²) in [6.45, 7) is 0. The third kappa shape index (κ3) is 1.59. The number of halogens is 1. The molecule has 2 rings (SSSR count). The van der Waals surface area contributed by atoms with Crippen LogP contribution < -0.4 is 4.74 Å². The molecule has 0 aliphatic carbocycles. The Morgan fingerprint density at radius 1 is 1.43 bits per heavy atom. The molecule has 1 heterocycles. The largest absolute Gasteiger partial charge is 0.494 e. The van der Waals surface area contributed by atoms with Crippen LogP contribution in [-0.4, -0.2) is 16.9 Å². The lowest BCUT2D eigenvalue weighted by Crippen LogP contribution is -1.97. The van der Waals surface area contributed by atoms with Gasteiger partial charge in [-0.2, -0.15) is 5.10 Å². The minimum Gasteiger partial charge on any atom is -0.494 e. The molecule has 1 aromatic heterocycles. The first kappa shape index (κ1) is 9.09. The van der Waals surface area contributed by atoms with Crippen LogP contribution in [0.4, 0.5) is 0 Å². The third-order valence-corrected chi connectivity index (χ3v) is 2.13. The van der Waals surface area contributed by atoms with Gasteiger partial charge in [0.2, 0.25) is 0 Å². The lowest BCUT2D eigenvalue weighted by Gasteiger charge is -2.08. The standard InChI is InChI=1S/C10H9ClN2O/c1-14-10-4-3-8(11)7-9(10)13-6-2-5-12-13/h2-7H,1H3. The van der Waals surface area contributed by atoms with Crippen molar-refractivity contribution in [2.45, 2.75) is 0 Å². The van der Waals surface area contributed by atoms with Gasteiger partial charge in [-0.3, -0.25) is 0 Å². The van der Waals surface area contributed by atoms with Gasteiger partial charge in [0.15, 0.2) is 0 Å². The van der Waals surface area contributed by atoms with E-state index in [1.807, 2.05) is 24.4 Å². The van der Waals surface area contributed by atoms with E-state index in [2.05, 4.69) is 5.10 Å². The number of ether oxygens (including phenoxy) is 1. The van der Waals surface area contributed by atoms with Crippen LogP contribution in [0, 0.1) is 0 Å². The van der Waals surface area contributed by atoms with Gasteiger partial charge in [-0.15, -0.1) is 0 Å². The van der Waals surface area contributed by atoms with E-state index in [0.717, 1.165) is 11.4 Å². The highest BCUT2D eigenvalue weighted by Crippen LogP contribution is 2.25. The van der Waals surface area contributed by atoms with Crippen LogP contribution in [0.2, 0.25) is 5.02 Å². The monoisotopic (exact) mass is 208 g/mol. The van der Waals surface area contributed by atoms with E-state index in [4.69, 9.17) is 16.3 Å². The average Bonchev–Trinajstić information content (AvgIpc) is 2.70. The number of methoxy groups -OCH3 is 1. The van der Waals surface area contributed by atoms with E-state index in [0.29, 0.717) is 5.02 Å². The first-order chi connectivity index (χ1) is 6.81. The molecule has 72 valence electrons. The first-order valence-electron chi connectivity index (χ1n) is 4.15. The van der Waals surface area contributed by atoms with Gasteiger partial charge in [0.05, 0.1) is 7.11 Å². The summed E-state index contributed by atoms with van der Waals surface area (Å²) in [6, 6.07) is 7.26. The van der Waals surface area contributed by atoms with Crippen molar-refractivity contribution < 1.29 is 4.74 Å². The molecule has 4 heteroatoms. The van der Waals surface area contributed by atoms with Crippen LogP contribution >= 0.6 is 11.6 Å². The van der Waals surface area contributed by atoms with E-state index in [9.17, 15) is 0 Å². The van der Waals surface area contributed by atoms with Crippen molar-refractivity contribution in [3.63, 3.8) is 0 Å². The Kier molecular flexibility index (Phi) is 2.41. The summed E-state index contributed by atoms with van der Waals surface area (Å²) in [4.78, 5) is 0. The maximum absolute atomic E-state index is 5.89. The molecule has 0 N–H and O–H groups in total. The number of hydrogen-bond donors (Lipinski definition) is 0. The molecule has 3 nitrogen and oxygen atoms in total. The van der Waals surface area contributed by atoms with Crippen molar-refractivity contribution in [2.75, 3.05) is 7.11 Å². The maximum atomic E-state index is 5.89. The summed E-state index contributed by atoms with van der Waals surface area (Å²) in [5.74, 6) is 0.748. The minimum absolute atomic E-state index is 0.663. The van der Waals surface area contributed by atoms with E-state index < -0.39 is 0 Å². The molecule has 0 aliphatic rings. The van der Waals surface area contributed by atoms with Crippen molar-refractivity contribution in [2.24, 2.45) is 0 Å². The van der Waals surface area contributed by atoms with Crippen molar-refractivity contribution in [3.05, 3.63) is 41.7 Å². The smallest absolute Gasteiger partial charge is 0.144 e. The van der Waals surface area contributed by atoms with Gasteiger partial charge in [-0.1, -0.05) is 11.6 Å². The second kappa shape index (κ2) is 3.72. The quantitative estimate of drug-likeness (QED) is 0.759. The SMILES string of the molecule is COc1ccc(Cl)cc1-n1cccn1. The van der Waals surface area contributed by atoms with Crippen LogP contribution in [0.25, 0.3) is 5.69 Å². The van der Waals surface area contributed by atoms with Crippen LogP contribution in [-0.2, 0) is 0 Å². The van der Waals surface area contributed by atoms with Crippen molar-refractivity contribution in [3.8, 4) is 11.4 Å². The molecular weight excluding hydrogens is 200 g/mol.